The number of aryl methyl sites for hydroxylation is 1. The van der Waals surface area contributed by atoms with Crippen LogP contribution in [-0.4, -0.2) is 38.5 Å². The molecule has 2 aromatic heterocycles. The second kappa shape index (κ2) is 9.34. The molecule has 0 saturated heterocycles. The third-order valence-electron chi connectivity index (χ3n) is 4.35. The molecule has 0 bridgehead atoms. The molecule has 2 heterocycles. The number of rotatable bonds is 9. The van der Waals surface area contributed by atoms with Crippen molar-refractivity contribution in [2.24, 2.45) is 0 Å². The Morgan fingerprint density at radius 3 is 2.84 bits per heavy atom. The molecule has 0 aliphatic heterocycles. The van der Waals surface area contributed by atoms with Gasteiger partial charge >= 0.3 is 0 Å². The second-order valence-corrected chi connectivity index (χ2v) is 6.08. The lowest BCUT2D eigenvalue weighted by Crippen LogP contribution is -2.25. The number of nitrogens with one attached hydrogen (secondary N) is 1. The summed E-state index contributed by atoms with van der Waals surface area (Å²) < 4.78 is 2.14. The Labute approximate surface area is 149 Å². The molecule has 2 N–H and O–H groups in total. The van der Waals surface area contributed by atoms with Crippen LogP contribution in [0.3, 0.4) is 0 Å². The van der Waals surface area contributed by atoms with Crippen molar-refractivity contribution in [2.75, 3.05) is 13.1 Å². The summed E-state index contributed by atoms with van der Waals surface area (Å²) in [6.45, 7) is 9.54. The van der Waals surface area contributed by atoms with Crippen LogP contribution in [0.15, 0.2) is 24.4 Å². The minimum Gasteiger partial charge on any atom is -0.302 e. The van der Waals surface area contributed by atoms with Gasteiger partial charge in [0.15, 0.2) is 0 Å². The molecule has 1 amide bonds. The summed E-state index contributed by atoms with van der Waals surface area (Å²) in [5, 5.41) is 8.55. The van der Waals surface area contributed by atoms with Crippen molar-refractivity contribution in [1.29, 1.82) is 0 Å². The fraction of sp³-hybridized carbons (Fsp3) is 0.474. The second-order valence-electron chi connectivity index (χ2n) is 6.08. The Morgan fingerprint density at radius 1 is 1.40 bits per heavy atom. The number of amides is 1. The van der Waals surface area contributed by atoms with Crippen LogP contribution in [0.5, 0.6) is 0 Å². The lowest BCUT2D eigenvalue weighted by atomic mass is 10.2. The number of carbonyl (C=O) groups is 1. The first-order valence-electron chi connectivity index (χ1n) is 8.97. The highest BCUT2D eigenvalue weighted by molar-refractivity contribution is 5.90. The first-order valence-corrected chi connectivity index (χ1v) is 8.97. The molecule has 0 saturated carbocycles. The Morgan fingerprint density at radius 2 is 2.20 bits per heavy atom. The van der Waals surface area contributed by atoms with Crippen LogP contribution in [0.1, 0.15) is 50.6 Å². The van der Waals surface area contributed by atoms with Crippen LogP contribution >= 0.6 is 0 Å². The normalized spacial score (nSPS) is 11.7. The van der Waals surface area contributed by atoms with E-state index in [2.05, 4.69) is 30.1 Å². The van der Waals surface area contributed by atoms with Gasteiger partial charge in [0, 0.05) is 18.8 Å². The quantitative estimate of drug-likeness (QED) is 0.417. The number of nitrogens with zero attached hydrogens (tertiary/aromatic N) is 3. The number of unbranched alkanes of at least 4 members (excludes halogenated alkanes) is 1. The van der Waals surface area contributed by atoms with Crippen LogP contribution in [0.2, 0.25) is 0 Å². The third-order valence-corrected chi connectivity index (χ3v) is 4.35. The molecule has 0 unspecified atom stereocenters. The van der Waals surface area contributed by atoms with Crippen molar-refractivity contribution in [3.8, 4) is 0 Å². The molecule has 0 fully saturated rings. The van der Waals surface area contributed by atoms with Gasteiger partial charge in [0.05, 0.1) is 11.4 Å². The van der Waals surface area contributed by atoms with Gasteiger partial charge in [-0.25, -0.2) is 10.5 Å². The first-order chi connectivity index (χ1) is 12.1. The largest absolute Gasteiger partial charge is 0.302 e. The molecule has 0 aliphatic rings. The lowest BCUT2D eigenvalue weighted by molar-refractivity contribution is -0.124. The number of aromatic nitrogens is 2. The van der Waals surface area contributed by atoms with Crippen molar-refractivity contribution in [3.05, 3.63) is 41.4 Å². The van der Waals surface area contributed by atoms with E-state index in [9.17, 15) is 4.79 Å². The Balaban J connectivity index is 2.30. The number of imidazole rings is 1. The average Bonchev–Trinajstić information content (AvgIpc) is 2.99. The maximum atomic E-state index is 11.1. The molecule has 0 aromatic carbocycles. The topological polar surface area (TPSA) is 69.9 Å². The highest BCUT2D eigenvalue weighted by Gasteiger charge is 2.14. The van der Waals surface area contributed by atoms with Crippen molar-refractivity contribution < 1.29 is 10.0 Å². The van der Waals surface area contributed by atoms with E-state index in [4.69, 9.17) is 10.2 Å². The predicted molar refractivity (Wildman–Crippen MR) is 99.4 cm³/mol. The third kappa shape index (κ3) is 4.90. The molecule has 6 nitrogen and oxygen atoms in total. The van der Waals surface area contributed by atoms with Crippen molar-refractivity contribution in [2.45, 2.75) is 46.6 Å². The number of pyridine rings is 1. The molecule has 6 heteroatoms. The minimum absolute atomic E-state index is 0.548. The standard InChI is InChI=1S/C19H28N4O2/c1-4-7-11-22(6-3)14-17-16(5-2)20-18-13-15(10-12-23(17)18)8-9-19(24)21-25/h8-10,12-13,25H,4-7,11,14H2,1-3H3,(H,21,24)/b9-8+. The molecule has 2 aromatic rings. The highest BCUT2D eigenvalue weighted by Crippen LogP contribution is 2.18. The Bertz CT molecular complexity index is 736. The van der Waals surface area contributed by atoms with Gasteiger partial charge < -0.3 is 4.40 Å². The molecule has 0 spiro atoms. The molecule has 2 rings (SSSR count). The number of fused-ring (bicyclic) bond motifs is 1. The van der Waals surface area contributed by atoms with Crippen molar-refractivity contribution in [3.63, 3.8) is 0 Å². The minimum atomic E-state index is -0.548. The van der Waals surface area contributed by atoms with E-state index in [1.165, 1.54) is 24.6 Å². The maximum absolute atomic E-state index is 11.1. The van der Waals surface area contributed by atoms with E-state index >= 15 is 0 Å². The summed E-state index contributed by atoms with van der Waals surface area (Å²) in [6, 6.07) is 3.90. The fourth-order valence-corrected chi connectivity index (χ4v) is 2.87. The van der Waals surface area contributed by atoms with Gasteiger partial charge in [-0.1, -0.05) is 27.2 Å². The van der Waals surface area contributed by atoms with Gasteiger partial charge in [-0.15, -0.1) is 0 Å². The average molecular weight is 344 g/mol. The van der Waals surface area contributed by atoms with Gasteiger partial charge in [-0.2, -0.15) is 0 Å². The lowest BCUT2D eigenvalue weighted by Gasteiger charge is -2.20. The summed E-state index contributed by atoms with van der Waals surface area (Å²) >= 11 is 0. The predicted octanol–water partition coefficient (Wildman–Crippen LogP) is 3.04. The van der Waals surface area contributed by atoms with Crippen molar-refractivity contribution in [1.82, 2.24) is 19.8 Å². The van der Waals surface area contributed by atoms with Crippen LogP contribution in [-0.2, 0) is 17.8 Å². The molecule has 0 atom stereocenters. The Kier molecular flexibility index (Phi) is 7.16. The first kappa shape index (κ1) is 19.1. The summed E-state index contributed by atoms with van der Waals surface area (Å²) in [7, 11) is 0. The van der Waals surface area contributed by atoms with Crippen LogP contribution in [0.25, 0.3) is 11.7 Å². The van der Waals surface area contributed by atoms with E-state index in [0.717, 1.165) is 43.0 Å². The highest BCUT2D eigenvalue weighted by atomic mass is 16.5. The molecule has 0 aliphatic carbocycles. The summed E-state index contributed by atoms with van der Waals surface area (Å²) in [4.78, 5) is 18.3. The smallest absolute Gasteiger partial charge is 0.267 e. The molecule has 136 valence electrons. The summed E-state index contributed by atoms with van der Waals surface area (Å²) in [5.74, 6) is -0.548. The Hall–Kier alpha value is -2.18. The van der Waals surface area contributed by atoms with E-state index in [1.54, 1.807) is 11.6 Å². The fourth-order valence-electron chi connectivity index (χ4n) is 2.87. The molecule has 0 radical (unpaired) electrons. The molecular weight excluding hydrogens is 316 g/mol. The van der Waals surface area contributed by atoms with Gasteiger partial charge in [-0.3, -0.25) is 14.9 Å². The SMILES string of the molecule is CCCCN(CC)Cc1c(CC)nc2cc(/C=C/C(=O)NO)ccn12. The van der Waals surface area contributed by atoms with Crippen LogP contribution in [0, 0.1) is 0 Å². The monoisotopic (exact) mass is 344 g/mol. The molecule has 25 heavy (non-hydrogen) atoms. The number of carbonyl (C=O) groups excluding carboxylic acids is 1. The summed E-state index contributed by atoms with van der Waals surface area (Å²) in [5.41, 5.74) is 5.69. The molecular formula is C19H28N4O2. The maximum Gasteiger partial charge on any atom is 0.267 e. The van der Waals surface area contributed by atoms with Gasteiger partial charge in [0.2, 0.25) is 0 Å². The van der Waals surface area contributed by atoms with Gasteiger partial charge in [0.1, 0.15) is 5.65 Å². The van der Waals surface area contributed by atoms with Gasteiger partial charge in [0.25, 0.3) is 5.91 Å². The zero-order valence-corrected chi connectivity index (χ0v) is 15.3. The van der Waals surface area contributed by atoms with Crippen LogP contribution in [0.4, 0.5) is 0 Å². The van der Waals surface area contributed by atoms with Gasteiger partial charge in [-0.05, 0) is 49.7 Å². The zero-order chi connectivity index (χ0) is 18.2. The van der Waals surface area contributed by atoms with Crippen molar-refractivity contribution >= 4 is 17.6 Å². The van der Waals surface area contributed by atoms with E-state index < -0.39 is 5.91 Å². The summed E-state index contributed by atoms with van der Waals surface area (Å²) in [6.07, 6.45) is 8.24. The number of hydrogen-bond acceptors (Lipinski definition) is 4. The zero-order valence-electron chi connectivity index (χ0n) is 15.3. The van der Waals surface area contributed by atoms with Crippen LogP contribution < -0.4 is 5.48 Å². The van der Waals surface area contributed by atoms with E-state index in [0.29, 0.717) is 0 Å². The van der Waals surface area contributed by atoms with E-state index in [-0.39, 0.29) is 0 Å². The number of hydroxylamine groups is 1. The van der Waals surface area contributed by atoms with E-state index in [1.807, 2.05) is 18.3 Å². The number of hydrogen-bond donors (Lipinski definition) is 2.